The fourth-order valence-electron chi connectivity index (χ4n) is 2.42. The predicted molar refractivity (Wildman–Crippen MR) is 70.3 cm³/mol. The lowest BCUT2D eigenvalue weighted by Gasteiger charge is -2.28. The van der Waals surface area contributed by atoms with Gasteiger partial charge in [-0.2, -0.15) is 0 Å². The van der Waals surface area contributed by atoms with E-state index in [1.165, 1.54) is 0 Å². The largest absolute Gasteiger partial charge is 0.388 e. The Morgan fingerprint density at radius 1 is 1.29 bits per heavy atom. The van der Waals surface area contributed by atoms with Crippen LogP contribution in [0.25, 0.3) is 0 Å². The molecule has 17 heavy (non-hydrogen) atoms. The second kappa shape index (κ2) is 5.05. The van der Waals surface area contributed by atoms with E-state index in [0.717, 1.165) is 17.8 Å². The molecule has 0 saturated heterocycles. The highest BCUT2D eigenvalue weighted by Gasteiger charge is 2.23. The third-order valence-corrected chi connectivity index (χ3v) is 2.90. The van der Waals surface area contributed by atoms with Crippen molar-refractivity contribution in [1.82, 2.24) is 4.57 Å². The van der Waals surface area contributed by atoms with Crippen molar-refractivity contribution >= 4 is 0 Å². The molecule has 0 saturated carbocycles. The Hall–Kier alpha value is -1.09. The molecule has 0 aliphatic carbocycles. The molecule has 3 heteroatoms. The monoisotopic (exact) mass is 237 g/mol. The standard InChI is InChI=1S/C14H23NO2/c1-10(2)8-14(5,17)9-15-11(3)6-13(16)7-12(15)4/h6-7,10,17H,8-9H2,1-5H3. The molecule has 0 aliphatic heterocycles. The third-order valence-electron chi connectivity index (χ3n) is 2.90. The van der Waals surface area contributed by atoms with Gasteiger partial charge in [-0.25, -0.2) is 0 Å². The smallest absolute Gasteiger partial charge is 0.182 e. The summed E-state index contributed by atoms with van der Waals surface area (Å²) >= 11 is 0. The lowest BCUT2D eigenvalue weighted by molar-refractivity contribution is 0.0203. The Balaban J connectivity index is 2.99. The summed E-state index contributed by atoms with van der Waals surface area (Å²) in [7, 11) is 0. The fourth-order valence-corrected chi connectivity index (χ4v) is 2.42. The van der Waals surface area contributed by atoms with Crippen LogP contribution in [0, 0.1) is 19.8 Å². The normalized spacial score (nSPS) is 15.0. The molecule has 0 amide bonds. The van der Waals surface area contributed by atoms with Crippen molar-refractivity contribution in [3.8, 4) is 0 Å². The van der Waals surface area contributed by atoms with E-state index < -0.39 is 5.60 Å². The molecule has 0 spiro atoms. The molecule has 0 bridgehead atoms. The Morgan fingerprint density at radius 2 is 1.76 bits per heavy atom. The first-order valence-corrected chi connectivity index (χ1v) is 6.12. The van der Waals surface area contributed by atoms with Gasteiger partial charge >= 0.3 is 0 Å². The van der Waals surface area contributed by atoms with Gasteiger partial charge in [0.2, 0.25) is 0 Å². The maximum absolute atomic E-state index is 11.3. The zero-order chi connectivity index (χ0) is 13.2. The van der Waals surface area contributed by atoms with Crippen LogP contribution in [-0.2, 0) is 6.54 Å². The van der Waals surface area contributed by atoms with Crippen molar-refractivity contribution in [3.05, 3.63) is 33.7 Å². The molecule has 0 radical (unpaired) electrons. The number of hydrogen-bond donors (Lipinski definition) is 1. The molecule has 1 atom stereocenters. The zero-order valence-corrected chi connectivity index (χ0v) is 11.4. The number of aliphatic hydroxyl groups is 1. The molecule has 1 heterocycles. The minimum Gasteiger partial charge on any atom is -0.388 e. The Kier molecular flexibility index (Phi) is 4.15. The predicted octanol–water partition coefficient (Wildman–Crippen LogP) is 2.26. The fraction of sp³-hybridized carbons (Fsp3) is 0.643. The van der Waals surface area contributed by atoms with E-state index in [1.54, 1.807) is 12.1 Å². The van der Waals surface area contributed by atoms with Crippen molar-refractivity contribution in [2.75, 3.05) is 0 Å². The molecule has 1 aromatic rings. The number of hydrogen-bond acceptors (Lipinski definition) is 2. The summed E-state index contributed by atoms with van der Waals surface area (Å²) in [5.41, 5.74) is 1.09. The number of rotatable bonds is 4. The molecule has 1 rings (SSSR count). The van der Waals surface area contributed by atoms with E-state index >= 15 is 0 Å². The van der Waals surface area contributed by atoms with Crippen LogP contribution in [0.5, 0.6) is 0 Å². The highest BCUT2D eigenvalue weighted by molar-refractivity contribution is 5.12. The van der Waals surface area contributed by atoms with Crippen molar-refractivity contribution in [2.45, 2.75) is 53.2 Å². The summed E-state index contributed by atoms with van der Waals surface area (Å²) in [5, 5.41) is 10.4. The number of aromatic nitrogens is 1. The SMILES string of the molecule is Cc1cc(=O)cc(C)n1CC(C)(O)CC(C)C. The molecule has 0 fully saturated rings. The van der Waals surface area contributed by atoms with Gasteiger partial charge in [-0.05, 0) is 33.1 Å². The van der Waals surface area contributed by atoms with E-state index in [0.29, 0.717) is 12.5 Å². The van der Waals surface area contributed by atoms with Crippen molar-refractivity contribution in [1.29, 1.82) is 0 Å². The summed E-state index contributed by atoms with van der Waals surface area (Å²) < 4.78 is 2.00. The van der Waals surface area contributed by atoms with Gasteiger partial charge in [-0.1, -0.05) is 13.8 Å². The lowest BCUT2D eigenvalue weighted by atomic mass is 9.94. The van der Waals surface area contributed by atoms with Gasteiger partial charge in [-0.15, -0.1) is 0 Å². The van der Waals surface area contributed by atoms with Gasteiger partial charge < -0.3 is 9.67 Å². The highest BCUT2D eigenvalue weighted by Crippen LogP contribution is 2.19. The molecule has 1 aromatic heterocycles. The molecule has 0 aliphatic rings. The van der Waals surface area contributed by atoms with Crippen LogP contribution < -0.4 is 5.43 Å². The molecule has 1 N–H and O–H groups in total. The van der Waals surface area contributed by atoms with Crippen LogP contribution in [0.15, 0.2) is 16.9 Å². The summed E-state index contributed by atoms with van der Waals surface area (Å²) in [5.74, 6) is 0.449. The highest BCUT2D eigenvalue weighted by atomic mass is 16.3. The maximum atomic E-state index is 11.3. The van der Waals surface area contributed by atoms with E-state index in [2.05, 4.69) is 13.8 Å². The molecule has 1 unspecified atom stereocenters. The summed E-state index contributed by atoms with van der Waals surface area (Å²) in [6.07, 6.45) is 0.748. The van der Waals surface area contributed by atoms with Gasteiger partial charge in [-0.3, -0.25) is 4.79 Å². The summed E-state index contributed by atoms with van der Waals surface area (Å²) in [6, 6.07) is 3.22. The van der Waals surface area contributed by atoms with E-state index in [9.17, 15) is 9.90 Å². The van der Waals surface area contributed by atoms with Crippen LogP contribution in [0.4, 0.5) is 0 Å². The van der Waals surface area contributed by atoms with Crippen LogP contribution in [0.2, 0.25) is 0 Å². The topological polar surface area (TPSA) is 42.2 Å². The first-order chi connectivity index (χ1) is 7.71. The quantitative estimate of drug-likeness (QED) is 0.872. The number of pyridine rings is 1. The second-order valence-corrected chi connectivity index (χ2v) is 5.65. The molecular weight excluding hydrogens is 214 g/mol. The van der Waals surface area contributed by atoms with E-state index in [-0.39, 0.29) is 5.43 Å². The van der Waals surface area contributed by atoms with Crippen molar-refractivity contribution in [2.24, 2.45) is 5.92 Å². The van der Waals surface area contributed by atoms with Crippen LogP contribution in [0.1, 0.15) is 38.6 Å². The van der Waals surface area contributed by atoms with Crippen molar-refractivity contribution in [3.63, 3.8) is 0 Å². The number of aryl methyl sites for hydroxylation is 2. The van der Waals surface area contributed by atoms with Gasteiger partial charge in [0.1, 0.15) is 0 Å². The van der Waals surface area contributed by atoms with Gasteiger partial charge in [0, 0.05) is 23.5 Å². The second-order valence-electron chi connectivity index (χ2n) is 5.65. The molecule has 3 nitrogen and oxygen atoms in total. The maximum Gasteiger partial charge on any atom is 0.182 e. The zero-order valence-electron chi connectivity index (χ0n) is 11.4. The average molecular weight is 237 g/mol. The Bertz CT molecular complexity index is 418. The summed E-state index contributed by atoms with van der Waals surface area (Å²) in [4.78, 5) is 11.3. The Morgan fingerprint density at radius 3 is 2.18 bits per heavy atom. The first kappa shape index (κ1) is 14.0. The van der Waals surface area contributed by atoms with E-state index in [1.807, 2.05) is 25.3 Å². The molecular formula is C14H23NO2. The third kappa shape index (κ3) is 4.00. The van der Waals surface area contributed by atoms with Crippen LogP contribution >= 0.6 is 0 Å². The van der Waals surface area contributed by atoms with Gasteiger partial charge in [0.25, 0.3) is 0 Å². The van der Waals surface area contributed by atoms with Gasteiger partial charge in [0.15, 0.2) is 5.43 Å². The average Bonchev–Trinajstić information content (AvgIpc) is 2.09. The summed E-state index contributed by atoms with van der Waals surface area (Å²) in [6.45, 7) is 10.4. The van der Waals surface area contributed by atoms with Gasteiger partial charge in [0.05, 0.1) is 12.1 Å². The van der Waals surface area contributed by atoms with E-state index in [4.69, 9.17) is 0 Å². The lowest BCUT2D eigenvalue weighted by Crippen LogP contribution is -2.34. The minimum atomic E-state index is -0.737. The first-order valence-electron chi connectivity index (χ1n) is 6.12. The molecule has 96 valence electrons. The molecule has 0 aromatic carbocycles. The number of nitrogens with zero attached hydrogens (tertiary/aromatic N) is 1. The Labute approximate surface area is 103 Å². The van der Waals surface area contributed by atoms with Crippen molar-refractivity contribution < 1.29 is 5.11 Å². The van der Waals surface area contributed by atoms with Crippen LogP contribution in [0.3, 0.4) is 0 Å². The minimum absolute atomic E-state index is 0.0275. The van der Waals surface area contributed by atoms with Crippen LogP contribution in [-0.4, -0.2) is 15.3 Å².